The molecule has 0 unspecified atom stereocenters. The van der Waals surface area contributed by atoms with Gasteiger partial charge in [0, 0.05) is 44.2 Å². The number of hydrogen-bond donors (Lipinski definition) is 1. The molecule has 1 N–H and O–H groups in total. The minimum absolute atomic E-state index is 0.163. The van der Waals surface area contributed by atoms with Crippen molar-refractivity contribution in [3.05, 3.63) is 60.9 Å². The van der Waals surface area contributed by atoms with E-state index >= 15 is 0 Å². The van der Waals surface area contributed by atoms with Gasteiger partial charge in [0.1, 0.15) is 12.4 Å². The third-order valence-electron chi connectivity index (χ3n) is 4.19. The Morgan fingerprint density at radius 2 is 1.96 bits per heavy atom. The van der Waals surface area contributed by atoms with Crippen molar-refractivity contribution in [1.82, 2.24) is 29.1 Å². The summed E-state index contributed by atoms with van der Waals surface area (Å²) in [6.07, 6.45) is 10.6. The van der Waals surface area contributed by atoms with Crippen LogP contribution in [0.1, 0.15) is 5.56 Å². The van der Waals surface area contributed by atoms with E-state index < -0.39 is 5.97 Å². The van der Waals surface area contributed by atoms with Gasteiger partial charge in [0.05, 0.1) is 17.6 Å². The number of carbonyl (C=O) groups is 1. The van der Waals surface area contributed by atoms with Gasteiger partial charge in [-0.2, -0.15) is 5.10 Å². The number of aliphatic carboxylic acids is 1. The summed E-state index contributed by atoms with van der Waals surface area (Å²) in [6.45, 7) is 0.468. The van der Waals surface area contributed by atoms with Crippen molar-refractivity contribution < 1.29 is 9.90 Å². The molecule has 0 saturated carbocycles. The van der Waals surface area contributed by atoms with Crippen LogP contribution in [0, 0.1) is 0 Å². The van der Waals surface area contributed by atoms with E-state index in [2.05, 4.69) is 26.1 Å². The van der Waals surface area contributed by atoms with Crippen LogP contribution in [-0.2, 0) is 11.3 Å². The Hall–Kier alpha value is -3.75. The lowest BCUT2D eigenvalue weighted by atomic mass is 10.2. The summed E-state index contributed by atoms with van der Waals surface area (Å²) in [5.74, 6) is 0.155. The molecule has 4 rings (SSSR count). The van der Waals surface area contributed by atoms with Gasteiger partial charge in [-0.25, -0.2) is 19.5 Å². The number of rotatable bonds is 6. The summed E-state index contributed by atoms with van der Waals surface area (Å²) in [6, 6.07) is 5.99. The molecule has 0 spiro atoms. The van der Waals surface area contributed by atoms with Crippen LogP contribution >= 0.6 is 0 Å². The standard InChI is InChI=1S/C18H17N7O2/c1-23(12-16(26)27)18-20-9-14(10-21-18)17-19-6-8-24(17)11-13-3-2-7-25-15(13)4-5-22-25/h2-10H,11-12H2,1H3,(H,26,27). The molecule has 0 saturated heterocycles. The Bertz CT molecular complexity index is 1080. The van der Waals surface area contributed by atoms with Gasteiger partial charge < -0.3 is 14.6 Å². The highest BCUT2D eigenvalue weighted by Crippen LogP contribution is 2.20. The van der Waals surface area contributed by atoms with Crippen LogP contribution in [0.3, 0.4) is 0 Å². The van der Waals surface area contributed by atoms with Gasteiger partial charge in [-0.3, -0.25) is 4.79 Å². The molecule has 0 radical (unpaired) electrons. The number of hydrogen-bond acceptors (Lipinski definition) is 6. The predicted octanol–water partition coefficient (Wildman–Crippen LogP) is 1.56. The van der Waals surface area contributed by atoms with E-state index in [4.69, 9.17) is 5.11 Å². The molecule has 9 nitrogen and oxygen atoms in total. The zero-order chi connectivity index (χ0) is 18.8. The summed E-state index contributed by atoms with van der Waals surface area (Å²) in [5, 5.41) is 13.1. The normalized spacial score (nSPS) is 11.0. The van der Waals surface area contributed by atoms with Crippen molar-refractivity contribution in [2.24, 2.45) is 0 Å². The van der Waals surface area contributed by atoms with Gasteiger partial charge in [-0.15, -0.1) is 0 Å². The molecule has 4 heterocycles. The van der Waals surface area contributed by atoms with Crippen molar-refractivity contribution in [3.63, 3.8) is 0 Å². The topological polar surface area (TPSA) is 101 Å². The summed E-state index contributed by atoms with van der Waals surface area (Å²) in [7, 11) is 1.64. The zero-order valence-corrected chi connectivity index (χ0v) is 14.6. The molecular weight excluding hydrogens is 346 g/mol. The molecule has 0 bridgehead atoms. The van der Waals surface area contributed by atoms with Gasteiger partial charge >= 0.3 is 5.97 Å². The molecular formula is C18H17N7O2. The Kier molecular flexibility index (Phi) is 4.25. The number of carboxylic acids is 1. The fourth-order valence-electron chi connectivity index (χ4n) is 2.94. The van der Waals surface area contributed by atoms with E-state index in [1.54, 1.807) is 31.8 Å². The second kappa shape index (κ2) is 6.87. The van der Waals surface area contributed by atoms with E-state index in [9.17, 15) is 4.79 Å². The van der Waals surface area contributed by atoms with Crippen molar-refractivity contribution in [2.75, 3.05) is 18.5 Å². The monoisotopic (exact) mass is 363 g/mol. The molecule has 0 aliphatic heterocycles. The average Bonchev–Trinajstić information content (AvgIpc) is 3.31. The summed E-state index contributed by atoms with van der Waals surface area (Å²) < 4.78 is 3.85. The molecule has 0 aliphatic carbocycles. The molecule has 4 aromatic heterocycles. The van der Waals surface area contributed by atoms with Crippen LogP contribution in [-0.4, -0.2) is 53.8 Å². The van der Waals surface area contributed by atoms with Crippen LogP contribution in [0.15, 0.2) is 55.4 Å². The smallest absolute Gasteiger partial charge is 0.323 e. The zero-order valence-electron chi connectivity index (χ0n) is 14.6. The van der Waals surface area contributed by atoms with Crippen LogP contribution < -0.4 is 4.90 Å². The molecule has 9 heteroatoms. The van der Waals surface area contributed by atoms with E-state index in [0.29, 0.717) is 12.5 Å². The van der Waals surface area contributed by atoms with Crippen LogP contribution in [0.5, 0.6) is 0 Å². The minimum Gasteiger partial charge on any atom is -0.480 e. The average molecular weight is 363 g/mol. The van der Waals surface area contributed by atoms with E-state index in [0.717, 1.165) is 22.5 Å². The number of imidazole rings is 1. The Labute approximate surface area is 154 Å². The lowest BCUT2D eigenvalue weighted by molar-refractivity contribution is -0.135. The fourth-order valence-corrected chi connectivity index (χ4v) is 2.94. The van der Waals surface area contributed by atoms with Gasteiger partial charge in [-0.1, -0.05) is 6.07 Å². The van der Waals surface area contributed by atoms with Crippen LogP contribution in [0.2, 0.25) is 0 Å². The molecule has 136 valence electrons. The van der Waals surface area contributed by atoms with Gasteiger partial charge in [-0.05, 0) is 17.7 Å². The first kappa shape index (κ1) is 16.7. The Balaban J connectivity index is 1.60. The lowest BCUT2D eigenvalue weighted by Crippen LogP contribution is -2.26. The van der Waals surface area contributed by atoms with Crippen molar-refractivity contribution >= 4 is 17.4 Å². The Morgan fingerprint density at radius 3 is 2.74 bits per heavy atom. The van der Waals surface area contributed by atoms with E-state index in [1.165, 1.54) is 4.90 Å². The van der Waals surface area contributed by atoms with Gasteiger partial charge in [0.2, 0.25) is 5.95 Å². The number of nitrogens with zero attached hydrogens (tertiary/aromatic N) is 7. The highest BCUT2D eigenvalue weighted by molar-refractivity contribution is 5.72. The first-order valence-corrected chi connectivity index (χ1v) is 8.29. The lowest BCUT2D eigenvalue weighted by Gasteiger charge is -2.14. The third kappa shape index (κ3) is 3.34. The molecule has 0 aliphatic rings. The predicted molar refractivity (Wildman–Crippen MR) is 98.5 cm³/mol. The molecule has 4 aromatic rings. The fraction of sp³-hybridized carbons (Fsp3) is 0.167. The van der Waals surface area contributed by atoms with Gasteiger partial charge in [0.25, 0.3) is 0 Å². The summed E-state index contributed by atoms with van der Waals surface area (Å²) in [5.41, 5.74) is 2.92. The van der Waals surface area contributed by atoms with E-state index in [-0.39, 0.29) is 6.54 Å². The van der Waals surface area contributed by atoms with Crippen molar-refractivity contribution in [2.45, 2.75) is 6.54 Å². The van der Waals surface area contributed by atoms with Crippen molar-refractivity contribution in [3.8, 4) is 11.4 Å². The number of aromatic nitrogens is 6. The van der Waals surface area contributed by atoms with Crippen molar-refractivity contribution in [1.29, 1.82) is 0 Å². The first-order chi connectivity index (χ1) is 13.1. The second-order valence-corrected chi connectivity index (χ2v) is 6.09. The maximum atomic E-state index is 10.8. The van der Waals surface area contributed by atoms with E-state index in [1.807, 2.05) is 33.6 Å². The maximum absolute atomic E-state index is 10.8. The highest BCUT2D eigenvalue weighted by atomic mass is 16.4. The molecule has 0 atom stereocenters. The minimum atomic E-state index is -0.935. The number of likely N-dealkylation sites (N-methyl/N-ethyl adjacent to an activating group) is 1. The summed E-state index contributed by atoms with van der Waals surface area (Å²) in [4.78, 5) is 25.2. The van der Waals surface area contributed by atoms with Gasteiger partial charge in [0.15, 0.2) is 0 Å². The number of anilines is 1. The number of fused-ring (bicyclic) bond motifs is 1. The number of carboxylic acid groups (broad SMARTS) is 1. The summed E-state index contributed by atoms with van der Waals surface area (Å²) >= 11 is 0. The second-order valence-electron chi connectivity index (χ2n) is 6.09. The molecule has 0 amide bonds. The molecule has 0 aromatic carbocycles. The number of pyridine rings is 1. The Morgan fingerprint density at radius 1 is 1.15 bits per heavy atom. The first-order valence-electron chi connectivity index (χ1n) is 8.29. The quantitative estimate of drug-likeness (QED) is 0.555. The van der Waals surface area contributed by atoms with Crippen LogP contribution in [0.4, 0.5) is 5.95 Å². The van der Waals surface area contributed by atoms with Crippen LogP contribution in [0.25, 0.3) is 16.9 Å². The maximum Gasteiger partial charge on any atom is 0.323 e. The largest absolute Gasteiger partial charge is 0.480 e. The molecule has 27 heavy (non-hydrogen) atoms. The third-order valence-corrected chi connectivity index (χ3v) is 4.19. The molecule has 0 fully saturated rings. The highest BCUT2D eigenvalue weighted by Gasteiger charge is 2.12. The SMILES string of the molecule is CN(CC(=O)O)c1ncc(-c2nccn2Cc2cccn3nccc23)cn1.